The van der Waals surface area contributed by atoms with Gasteiger partial charge >= 0.3 is 12.1 Å². The molecule has 0 aromatic carbocycles. The van der Waals surface area contributed by atoms with Gasteiger partial charge in [-0.3, -0.25) is 4.79 Å². The Kier molecular flexibility index (Phi) is 4.18. The van der Waals surface area contributed by atoms with Crippen LogP contribution in [0.15, 0.2) is 0 Å². The molecule has 4 N–H and O–H groups in total. The molecule has 1 rings (SSSR count). The van der Waals surface area contributed by atoms with E-state index in [2.05, 4.69) is 5.32 Å². The first-order valence-electron chi connectivity index (χ1n) is 5.70. The van der Waals surface area contributed by atoms with Gasteiger partial charge < -0.3 is 25.4 Å². The lowest BCUT2D eigenvalue weighted by Crippen LogP contribution is -2.45. The van der Waals surface area contributed by atoms with Gasteiger partial charge in [-0.1, -0.05) is 0 Å². The maximum atomic E-state index is 11.5. The molecule has 1 saturated carbocycles. The van der Waals surface area contributed by atoms with Gasteiger partial charge in [-0.05, 0) is 27.2 Å². The van der Waals surface area contributed by atoms with Gasteiger partial charge in [0.05, 0.1) is 18.1 Å². The predicted octanol–water partition coefficient (Wildman–Crippen LogP) is -0.294. The van der Waals surface area contributed by atoms with Crippen molar-refractivity contribution in [3.05, 3.63) is 0 Å². The number of ether oxygens (including phenoxy) is 1. The molecule has 7 nitrogen and oxygen atoms in total. The van der Waals surface area contributed by atoms with Crippen LogP contribution in [-0.2, 0) is 9.53 Å². The fourth-order valence-corrected chi connectivity index (χ4v) is 1.88. The van der Waals surface area contributed by atoms with Crippen LogP contribution in [0.4, 0.5) is 4.79 Å². The second-order valence-electron chi connectivity index (χ2n) is 5.41. The summed E-state index contributed by atoms with van der Waals surface area (Å²) in [5, 5.41) is 30.4. The molecule has 1 fully saturated rings. The Morgan fingerprint density at radius 2 is 1.78 bits per heavy atom. The van der Waals surface area contributed by atoms with Crippen LogP contribution in [-0.4, -0.2) is 51.2 Å². The molecule has 0 radical (unpaired) electrons. The van der Waals surface area contributed by atoms with Crippen molar-refractivity contribution in [2.24, 2.45) is 5.92 Å². The van der Waals surface area contributed by atoms with Crippen LogP contribution in [0.5, 0.6) is 0 Å². The number of aliphatic carboxylic acids is 1. The minimum atomic E-state index is -1.39. The number of aliphatic hydroxyl groups excluding tert-OH is 2. The summed E-state index contributed by atoms with van der Waals surface area (Å²) in [5.41, 5.74) is -0.682. The summed E-state index contributed by atoms with van der Waals surface area (Å²) >= 11 is 0. The van der Waals surface area contributed by atoms with E-state index in [1.165, 1.54) is 0 Å². The number of aliphatic hydroxyl groups is 2. The van der Waals surface area contributed by atoms with Crippen LogP contribution in [0.25, 0.3) is 0 Å². The molecule has 1 aliphatic rings. The highest BCUT2D eigenvalue weighted by molar-refractivity contribution is 5.72. The average molecular weight is 261 g/mol. The molecule has 18 heavy (non-hydrogen) atoms. The maximum Gasteiger partial charge on any atom is 0.407 e. The second-order valence-corrected chi connectivity index (χ2v) is 5.41. The predicted molar refractivity (Wildman–Crippen MR) is 60.9 cm³/mol. The zero-order valence-corrected chi connectivity index (χ0v) is 10.6. The van der Waals surface area contributed by atoms with E-state index < -0.39 is 41.8 Å². The molecule has 4 atom stereocenters. The largest absolute Gasteiger partial charge is 0.481 e. The van der Waals surface area contributed by atoms with Crippen molar-refractivity contribution in [1.82, 2.24) is 5.32 Å². The molecule has 0 aromatic rings. The van der Waals surface area contributed by atoms with Crippen molar-refractivity contribution in [3.63, 3.8) is 0 Å². The maximum absolute atomic E-state index is 11.5. The highest BCUT2D eigenvalue weighted by Crippen LogP contribution is 2.27. The Morgan fingerprint density at radius 3 is 2.17 bits per heavy atom. The molecule has 0 bridgehead atoms. The van der Waals surface area contributed by atoms with Crippen LogP contribution < -0.4 is 5.32 Å². The number of hydrogen-bond acceptors (Lipinski definition) is 5. The summed E-state index contributed by atoms with van der Waals surface area (Å²) in [6.07, 6.45) is -3.47. The smallest absolute Gasteiger partial charge is 0.407 e. The van der Waals surface area contributed by atoms with E-state index in [9.17, 15) is 19.8 Å². The van der Waals surface area contributed by atoms with Crippen molar-refractivity contribution in [2.45, 2.75) is 51.0 Å². The Hall–Kier alpha value is -1.34. The van der Waals surface area contributed by atoms with Crippen molar-refractivity contribution in [2.75, 3.05) is 0 Å². The molecule has 7 heteroatoms. The standard InChI is InChI=1S/C11H19NO6/c1-11(2,3)18-10(17)12-6-4-5(9(15)16)7(13)8(6)14/h5-8,13-14H,4H2,1-3H3,(H,12,17)(H,15,16)/t5-,6+,7+,8-/m1/s1. The van der Waals surface area contributed by atoms with Crippen molar-refractivity contribution in [3.8, 4) is 0 Å². The number of carbonyl (C=O) groups is 2. The van der Waals surface area contributed by atoms with E-state index in [-0.39, 0.29) is 6.42 Å². The van der Waals surface area contributed by atoms with E-state index in [0.717, 1.165) is 0 Å². The molecule has 0 unspecified atom stereocenters. The van der Waals surface area contributed by atoms with Gasteiger partial charge in [-0.15, -0.1) is 0 Å². The first-order valence-corrected chi connectivity index (χ1v) is 5.70. The molecule has 0 aliphatic heterocycles. The average Bonchev–Trinajstić information content (AvgIpc) is 2.43. The molecule has 0 saturated heterocycles. The normalized spacial score (nSPS) is 32.1. The second kappa shape index (κ2) is 5.11. The number of alkyl carbamates (subject to hydrolysis) is 1. The molecule has 0 aromatic heterocycles. The quantitative estimate of drug-likeness (QED) is 0.542. The Bertz CT molecular complexity index is 337. The minimum Gasteiger partial charge on any atom is -0.481 e. The van der Waals surface area contributed by atoms with Crippen LogP contribution in [0.2, 0.25) is 0 Å². The summed E-state index contributed by atoms with van der Waals surface area (Å²) in [5.74, 6) is -2.28. The Morgan fingerprint density at radius 1 is 1.22 bits per heavy atom. The fourth-order valence-electron chi connectivity index (χ4n) is 1.88. The highest BCUT2D eigenvalue weighted by Gasteiger charge is 2.46. The molecule has 1 amide bonds. The Balaban J connectivity index is 2.59. The lowest BCUT2D eigenvalue weighted by atomic mass is 10.1. The van der Waals surface area contributed by atoms with Crippen LogP contribution in [0.1, 0.15) is 27.2 Å². The molecule has 104 valence electrons. The highest BCUT2D eigenvalue weighted by atomic mass is 16.6. The number of carboxylic acid groups (broad SMARTS) is 1. The monoisotopic (exact) mass is 261 g/mol. The number of rotatable bonds is 2. The summed E-state index contributed by atoms with van der Waals surface area (Å²) in [6.45, 7) is 5.06. The zero-order chi connectivity index (χ0) is 14.1. The summed E-state index contributed by atoms with van der Waals surface area (Å²) < 4.78 is 4.99. The summed E-state index contributed by atoms with van der Waals surface area (Å²) in [4.78, 5) is 22.3. The van der Waals surface area contributed by atoms with Crippen molar-refractivity contribution < 1.29 is 29.6 Å². The Labute approximate surface area is 105 Å². The topological polar surface area (TPSA) is 116 Å². The summed E-state index contributed by atoms with van der Waals surface area (Å²) in [7, 11) is 0. The number of carboxylic acids is 1. The lowest BCUT2D eigenvalue weighted by molar-refractivity contribution is -0.145. The zero-order valence-electron chi connectivity index (χ0n) is 10.6. The van der Waals surface area contributed by atoms with E-state index in [1.807, 2.05) is 0 Å². The van der Waals surface area contributed by atoms with Gasteiger partial charge in [0.25, 0.3) is 0 Å². The van der Waals surface area contributed by atoms with Crippen LogP contribution in [0.3, 0.4) is 0 Å². The van der Waals surface area contributed by atoms with Gasteiger partial charge in [0.1, 0.15) is 11.7 Å². The van der Waals surface area contributed by atoms with Crippen molar-refractivity contribution in [1.29, 1.82) is 0 Å². The van der Waals surface area contributed by atoms with Gasteiger partial charge in [0.15, 0.2) is 0 Å². The molecular weight excluding hydrogens is 242 g/mol. The minimum absolute atomic E-state index is 0.0308. The number of hydrogen-bond donors (Lipinski definition) is 4. The SMILES string of the molecule is CC(C)(C)OC(=O)N[C@H]1C[C@@H](C(=O)O)[C@H](O)[C@@H]1O. The molecular formula is C11H19NO6. The van der Waals surface area contributed by atoms with E-state index in [1.54, 1.807) is 20.8 Å². The van der Waals surface area contributed by atoms with Gasteiger partial charge in [-0.2, -0.15) is 0 Å². The van der Waals surface area contributed by atoms with Gasteiger partial charge in [0, 0.05) is 0 Å². The number of amides is 1. The number of nitrogens with one attached hydrogen (secondary N) is 1. The molecule has 1 aliphatic carbocycles. The van der Waals surface area contributed by atoms with E-state index in [4.69, 9.17) is 9.84 Å². The van der Waals surface area contributed by atoms with Crippen molar-refractivity contribution >= 4 is 12.1 Å². The van der Waals surface area contributed by atoms with E-state index >= 15 is 0 Å². The van der Waals surface area contributed by atoms with Gasteiger partial charge in [-0.25, -0.2) is 4.79 Å². The lowest BCUT2D eigenvalue weighted by Gasteiger charge is -2.23. The van der Waals surface area contributed by atoms with Crippen LogP contribution >= 0.6 is 0 Å². The fraction of sp³-hybridized carbons (Fsp3) is 0.818. The summed E-state index contributed by atoms with van der Waals surface area (Å²) in [6, 6.07) is -0.823. The third-order valence-corrected chi connectivity index (χ3v) is 2.70. The molecule has 0 spiro atoms. The third kappa shape index (κ3) is 3.58. The first kappa shape index (κ1) is 14.7. The first-order chi connectivity index (χ1) is 8.11. The van der Waals surface area contributed by atoms with Gasteiger partial charge in [0.2, 0.25) is 0 Å². The third-order valence-electron chi connectivity index (χ3n) is 2.70. The van der Waals surface area contributed by atoms with E-state index in [0.29, 0.717) is 0 Å². The number of carbonyl (C=O) groups excluding carboxylic acids is 1. The molecule has 0 heterocycles. The van der Waals surface area contributed by atoms with Crippen LogP contribution in [0, 0.1) is 5.92 Å².